The Labute approximate surface area is 221 Å². The van der Waals surface area contributed by atoms with Gasteiger partial charge in [0.2, 0.25) is 17.7 Å². The van der Waals surface area contributed by atoms with Crippen molar-refractivity contribution >= 4 is 23.7 Å². The second-order valence-electron chi connectivity index (χ2n) is 9.02. The molecule has 198 valence electrons. The van der Waals surface area contributed by atoms with Crippen molar-refractivity contribution in [2.45, 2.75) is 43.9 Å². The largest absolute Gasteiger partial charge is 0.480 e. The molecule has 3 amide bonds. The highest BCUT2D eigenvalue weighted by molar-refractivity contribution is 5.93. The van der Waals surface area contributed by atoms with Gasteiger partial charge in [0.05, 0.1) is 12.5 Å². The molecule has 9 heteroatoms. The zero-order valence-electron chi connectivity index (χ0n) is 21.3. The smallest absolute Gasteiger partial charge is 0.326 e. The Bertz CT molecular complexity index is 1150. The Morgan fingerprint density at radius 2 is 1.16 bits per heavy atom. The molecule has 6 N–H and O–H groups in total. The molecule has 3 aromatic carbocycles. The number of carbonyl (C=O) groups is 4. The highest BCUT2D eigenvalue weighted by atomic mass is 16.4. The SMILES string of the molecule is C[C@H](N)C(=O)N[C@@H](C)C(=O)N[C@@H](CC(=O)NC(c1ccccc1)(c1ccccc1)c1ccccc1)C(=O)O. The standard InChI is InChI=1S/C29H32N4O5/c1-19(30)26(35)31-20(2)27(36)32-24(28(37)38)18-25(34)33-29(21-12-6-3-7-13-21,22-14-8-4-9-15-22)23-16-10-5-11-17-23/h3-17,19-20,24H,18,30H2,1-2H3,(H,31,35)(H,32,36)(H,33,34)(H,37,38)/t19-,20-,24-/m0/s1. The van der Waals surface area contributed by atoms with Gasteiger partial charge in [-0.15, -0.1) is 0 Å². The van der Waals surface area contributed by atoms with Crippen molar-refractivity contribution in [1.82, 2.24) is 16.0 Å². The van der Waals surface area contributed by atoms with E-state index in [0.717, 1.165) is 16.7 Å². The van der Waals surface area contributed by atoms with Crippen LogP contribution in [-0.2, 0) is 24.7 Å². The van der Waals surface area contributed by atoms with Crippen LogP contribution in [-0.4, -0.2) is 46.9 Å². The first kappa shape index (κ1) is 28.1. The number of rotatable bonds is 11. The average molecular weight is 517 g/mol. The lowest BCUT2D eigenvalue weighted by Crippen LogP contribution is -2.54. The van der Waals surface area contributed by atoms with E-state index < -0.39 is 53.8 Å². The van der Waals surface area contributed by atoms with Crippen molar-refractivity contribution in [1.29, 1.82) is 0 Å². The monoisotopic (exact) mass is 516 g/mol. The average Bonchev–Trinajstić information content (AvgIpc) is 2.92. The summed E-state index contributed by atoms with van der Waals surface area (Å²) >= 11 is 0. The van der Waals surface area contributed by atoms with Crippen LogP contribution in [0.3, 0.4) is 0 Å². The fourth-order valence-corrected chi connectivity index (χ4v) is 4.13. The van der Waals surface area contributed by atoms with Crippen LogP contribution in [0.1, 0.15) is 37.0 Å². The lowest BCUT2D eigenvalue weighted by Gasteiger charge is -2.37. The van der Waals surface area contributed by atoms with Crippen LogP contribution >= 0.6 is 0 Å². The van der Waals surface area contributed by atoms with Gasteiger partial charge in [0, 0.05) is 0 Å². The number of nitrogens with two attached hydrogens (primary N) is 1. The molecule has 38 heavy (non-hydrogen) atoms. The van der Waals surface area contributed by atoms with Gasteiger partial charge in [-0.1, -0.05) is 91.0 Å². The van der Waals surface area contributed by atoms with E-state index >= 15 is 0 Å². The van der Waals surface area contributed by atoms with Gasteiger partial charge in [0.15, 0.2) is 0 Å². The van der Waals surface area contributed by atoms with E-state index in [1.165, 1.54) is 13.8 Å². The Hall–Kier alpha value is -4.50. The Morgan fingerprint density at radius 3 is 1.53 bits per heavy atom. The van der Waals surface area contributed by atoms with Crippen LogP contribution in [0.4, 0.5) is 0 Å². The maximum absolute atomic E-state index is 13.5. The molecule has 0 aliphatic carbocycles. The van der Waals surface area contributed by atoms with Gasteiger partial charge in [0.25, 0.3) is 0 Å². The van der Waals surface area contributed by atoms with Crippen LogP contribution in [0, 0.1) is 0 Å². The lowest BCUT2D eigenvalue weighted by molar-refractivity contribution is -0.144. The number of benzene rings is 3. The molecule has 0 fully saturated rings. The second kappa shape index (κ2) is 12.6. The Kier molecular flexibility index (Phi) is 9.34. The second-order valence-corrected chi connectivity index (χ2v) is 9.02. The normalized spacial score (nSPS) is 13.4. The number of hydrogen-bond acceptors (Lipinski definition) is 5. The van der Waals surface area contributed by atoms with Gasteiger partial charge in [-0.05, 0) is 30.5 Å². The molecule has 3 atom stereocenters. The molecule has 9 nitrogen and oxygen atoms in total. The predicted octanol–water partition coefficient (Wildman–Crippen LogP) is 1.91. The first-order valence-corrected chi connectivity index (χ1v) is 12.2. The van der Waals surface area contributed by atoms with E-state index in [-0.39, 0.29) is 0 Å². The number of amides is 3. The first-order chi connectivity index (χ1) is 18.1. The number of carboxylic acids is 1. The van der Waals surface area contributed by atoms with Gasteiger partial charge < -0.3 is 26.8 Å². The molecule has 0 saturated carbocycles. The first-order valence-electron chi connectivity index (χ1n) is 12.2. The molecule has 0 bridgehead atoms. The Morgan fingerprint density at radius 1 is 0.737 bits per heavy atom. The van der Waals surface area contributed by atoms with Crippen LogP contribution in [0.2, 0.25) is 0 Å². The third-order valence-electron chi connectivity index (χ3n) is 6.12. The summed E-state index contributed by atoms with van der Waals surface area (Å²) < 4.78 is 0. The summed E-state index contributed by atoms with van der Waals surface area (Å²) in [5, 5.41) is 17.6. The van der Waals surface area contributed by atoms with Gasteiger partial charge >= 0.3 is 5.97 Å². The highest BCUT2D eigenvalue weighted by Crippen LogP contribution is 2.36. The maximum Gasteiger partial charge on any atom is 0.326 e. The lowest BCUT2D eigenvalue weighted by atomic mass is 9.77. The number of carbonyl (C=O) groups excluding carboxylic acids is 3. The molecule has 0 heterocycles. The fraction of sp³-hybridized carbons (Fsp3) is 0.241. The summed E-state index contributed by atoms with van der Waals surface area (Å²) in [4.78, 5) is 49.9. The Balaban J connectivity index is 1.93. The van der Waals surface area contributed by atoms with Crippen molar-refractivity contribution in [2.24, 2.45) is 5.73 Å². The fourth-order valence-electron chi connectivity index (χ4n) is 4.13. The van der Waals surface area contributed by atoms with Crippen molar-refractivity contribution in [3.63, 3.8) is 0 Å². The molecule has 0 aromatic heterocycles. The minimum absolute atomic E-state index is 0.538. The van der Waals surface area contributed by atoms with Crippen LogP contribution in [0.5, 0.6) is 0 Å². The van der Waals surface area contributed by atoms with E-state index in [9.17, 15) is 24.3 Å². The van der Waals surface area contributed by atoms with Gasteiger partial charge in [-0.3, -0.25) is 14.4 Å². The summed E-state index contributed by atoms with van der Waals surface area (Å²) in [6.07, 6.45) is -0.538. The zero-order chi connectivity index (χ0) is 27.7. The predicted molar refractivity (Wildman–Crippen MR) is 143 cm³/mol. The zero-order valence-corrected chi connectivity index (χ0v) is 21.3. The topological polar surface area (TPSA) is 151 Å². The maximum atomic E-state index is 13.5. The van der Waals surface area contributed by atoms with Gasteiger partial charge in [-0.25, -0.2) is 4.79 Å². The van der Waals surface area contributed by atoms with E-state index in [2.05, 4.69) is 16.0 Å². The van der Waals surface area contributed by atoms with Crippen molar-refractivity contribution in [3.8, 4) is 0 Å². The quantitative estimate of drug-likeness (QED) is 0.246. The number of hydrogen-bond donors (Lipinski definition) is 5. The number of nitrogens with one attached hydrogen (secondary N) is 3. The molecular formula is C29H32N4O5. The number of aliphatic carboxylic acids is 1. The van der Waals surface area contributed by atoms with E-state index in [4.69, 9.17) is 5.73 Å². The third-order valence-corrected chi connectivity index (χ3v) is 6.12. The molecule has 0 radical (unpaired) electrons. The van der Waals surface area contributed by atoms with Crippen LogP contribution in [0.15, 0.2) is 91.0 Å². The molecule has 3 rings (SSSR count). The number of carboxylic acid groups (broad SMARTS) is 1. The van der Waals surface area contributed by atoms with Crippen molar-refractivity contribution in [2.75, 3.05) is 0 Å². The van der Waals surface area contributed by atoms with E-state index in [0.29, 0.717) is 0 Å². The summed E-state index contributed by atoms with van der Waals surface area (Å²) in [6.45, 7) is 2.86. The minimum atomic E-state index is -1.53. The highest BCUT2D eigenvalue weighted by Gasteiger charge is 2.39. The molecule has 0 aliphatic heterocycles. The summed E-state index contributed by atoms with van der Waals surface area (Å²) in [5.41, 5.74) is 6.70. The van der Waals surface area contributed by atoms with Gasteiger partial charge in [0.1, 0.15) is 17.6 Å². The molecule has 3 aromatic rings. The van der Waals surface area contributed by atoms with Crippen molar-refractivity contribution < 1.29 is 24.3 Å². The molecule has 0 unspecified atom stereocenters. The van der Waals surface area contributed by atoms with Crippen LogP contribution in [0.25, 0.3) is 0 Å². The van der Waals surface area contributed by atoms with E-state index in [1.807, 2.05) is 91.0 Å². The third kappa shape index (κ3) is 6.63. The van der Waals surface area contributed by atoms with E-state index in [1.54, 1.807) is 0 Å². The summed E-state index contributed by atoms with van der Waals surface area (Å²) in [5.74, 6) is -3.29. The minimum Gasteiger partial charge on any atom is -0.480 e. The van der Waals surface area contributed by atoms with Crippen LogP contribution < -0.4 is 21.7 Å². The molecule has 0 aliphatic rings. The molecule has 0 saturated heterocycles. The summed E-state index contributed by atoms with van der Waals surface area (Å²) in [7, 11) is 0. The van der Waals surface area contributed by atoms with Gasteiger partial charge in [-0.2, -0.15) is 0 Å². The van der Waals surface area contributed by atoms with Crippen molar-refractivity contribution in [3.05, 3.63) is 108 Å². The molecular weight excluding hydrogens is 484 g/mol. The summed E-state index contributed by atoms with van der Waals surface area (Å²) in [6, 6.07) is 24.7. The molecule has 0 spiro atoms.